The topological polar surface area (TPSA) is 96.9 Å². The number of pyridine rings is 1. The highest BCUT2D eigenvalue weighted by Crippen LogP contribution is 2.29. The van der Waals surface area contributed by atoms with Crippen molar-refractivity contribution >= 4 is 11.8 Å². The lowest BCUT2D eigenvalue weighted by Crippen LogP contribution is -2.26. The molecule has 27 heavy (non-hydrogen) atoms. The van der Waals surface area contributed by atoms with E-state index in [2.05, 4.69) is 15.3 Å². The van der Waals surface area contributed by atoms with Gasteiger partial charge in [-0.3, -0.25) is 4.90 Å². The van der Waals surface area contributed by atoms with Gasteiger partial charge in [0.05, 0.1) is 25.0 Å². The highest BCUT2D eigenvalue weighted by molar-refractivity contribution is 5.90. The lowest BCUT2D eigenvalue weighted by molar-refractivity contribution is 0.129. The van der Waals surface area contributed by atoms with Crippen molar-refractivity contribution in [2.24, 2.45) is 0 Å². The van der Waals surface area contributed by atoms with Gasteiger partial charge in [-0.05, 0) is 30.3 Å². The molecule has 0 saturated carbocycles. The van der Waals surface area contributed by atoms with E-state index in [4.69, 9.17) is 10.00 Å². The minimum Gasteiger partial charge on any atom is -0.442 e. The number of nitrogens with zero attached hydrogens (tertiary/aromatic N) is 6. The van der Waals surface area contributed by atoms with Crippen LogP contribution in [0.1, 0.15) is 5.69 Å². The number of rotatable bonds is 4. The molecule has 1 saturated heterocycles. The molecule has 9 heteroatoms. The van der Waals surface area contributed by atoms with Gasteiger partial charge in [-0.25, -0.2) is 18.9 Å². The molecule has 0 N–H and O–H groups in total. The molecule has 0 aliphatic carbocycles. The highest BCUT2D eigenvalue weighted by Gasteiger charge is 2.33. The fourth-order valence-corrected chi connectivity index (χ4v) is 2.89. The first-order chi connectivity index (χ1) is 13.1. The number of cyclic esters (lactones) is 1. The average molecular weight is 364 g/mol. The second-order valence-corrected chi connectivity index (χ2v) is 5.95. The molecule has 4 rings (SSSR count). The first kappa shape index (κ1) is 16.7. The molecule has 8 nitrogen and oxygen atoms in total. The van der Waals surface area contributed by atoms with Crippen molar-refractivity contribution in [3.63, 3.8) is 0 Å². The number of hydrogen-bond acceptors (Lipinski definition) is 6. The standard InChI is InChI=1S/C18H13FN6O2/c19-17-7-14(3-4-16(17)12-1-2-13(8-20)21-9-12)25-11-15(27-18(25)26)10-24-6-5-22-23-24/h1-7,9,15H,10-11H2/t15-/m0/s1. The summed E-state index contributed by atoms with van der Waals surface area (Å²) in [4.78, 5) is 17.5. The Morgan fingerprint density at radius 1 is 1.33 bits per heavy atom. The zero-order valence-electron chi connectivity index (χ0n) is 14.0. The number of anilines is 1. The van der Waals surface area contributed by atoms with E-state index >= 15 is 0 Å². The SMILES string of the molecule is N#Cc1ccc(-c2ccc(N3C[C@H](Cn4ccnn4)OC3=O)cc2F)cn1. The summed E-state index contributed by atoms with van der Waals surface area (Å²) in [6, 6.07) is 9.58. The third-order valence-electron chi connectivity index (χ3n) is 4.19. The molecule has 0 spiro atoms. The first-order valence-corrected chi connectivity index (χ1v) is 8.12. The molecule has 1 fully saturated rings. The van der Waals surface area contributed by atoms with E-state index in [-0.39, 0.29) is 12.2 Å². The van der Waals surface area contributed by atoms with Gasteiger partial charge in [-0.15, -0.1) is 5.10 Å². The smallest absolute Gasteiger partial charge is 0.414 e. The molecule has 0 bridgehead atoms. The zero-order valence-corrected chi connectivity index (χ0v) is 14.0. The fourth-order valence-electron chi connectivity index (χ4n) is 2.89. The van der Waals surface area contributed by atoms with Crippen LogP contribution in [-0.4, -0.2) is 38.7 Å². The van der Waals surface area contributed by atoms with Crippen molar-refractivity contribution in [2.75, 3.05) is 11.4 Å². The fraction of sp³-hybridized carbons (Fsp3) is 0.167. The molecule has 3 heterocycles. The van der Waals surface area contributed by atoms with Gasteiger partial charge in [-0.2, -0.15) is 5.26 Å². The Bertz CT molecular complexity index is 1010. The van der Waals surface area contributed by atoms with Crippen LogP contribution in [0.15, 0.2) is 48.9 Å². The molecular formula is C18H13FN6O2. The molecule has 1 aliphatic rings. The number of ether oxygens (including phenoxy) is 1. The predicted octanol–water partition coefficient (Wildman–Crippen LogP) is 2.38. The molecule has 2 aromatic heterocycles. The second kappa shape index (κ2) is 6.84. The van der Waals surface area contributed by atoms with Gasteiger partial charge in [-0.1, -0.05) is 5.21 Å². The molecule has 1 atom stereocenters. The summed E-state index contributed by atoms with van der Waals surface area (Å²) < 4.78 is 21.5. The van der Waals surface area contributed by atoms with Crippen LogP contribution in [0.4, 0.5) is 14.9 Å². The summed E-state index contributed by atoms with van der Waals surface area (Å²) in [6.07, 6.45) is 3.73. The Morgan fingerprint density at radius 3 is 2.89 bits per heavy atom. The number of hydrogen-bond donors (Lipinski definition) is 0. The number of amides is 1. The van der Waals surface area contributed by atoms with Gasteiger partial charge >= 0.3 is 6.09 Å². The van der Waals surface area contributed by atoms with Gasteiger partial charge in [0, 0.05) is 23.5 Å². The molecule has 3 aromatic rings. The minimum atomic E-state index is -0.535. The van der Waals surface area contributed by atoms with E-state index < -0.39 is 18.0 Å². The largest absolute Gasteiger partial charge is 0.442 e. The van der Waals surface area contributed by atoms with E-state index in [0.29, 0.717) is 23.4 Å². The van der Waals surface area contributed by atoms with E-state index in [0.717, 1.165) is 0 Å². The summed E-state index contributed by atoms with van der Waals surface area (Å²) in [5, 5.41) is 16.3. The van der Waals surface area contributed by atoms with Crippen molar-refractivity contribution in [1.82, 2.24) is 20.0 Å². The summed E-state index contributed by atoms with van der Waals surface area (Å²) in [5.74, 6) is -0.494. The Hall–Kier alpha value is -3.80. The maximum Gasteiger partial charge on any atom is 0.414 e. The number of halogens is 1. The van der Waals surface area contributed by atoms with E-state index in [1.54, 1.807) is 35.3 Å². The van der Waals surface area contributed by atoms with Crippen LogP contribution in [0.2, 0.25) is 0 Å². The molecule has 134 valence electrons. The Kier molecular flexibility index (Phi) is 4.22. The number of carbonyl (C=O) groups excluding carboxylic acids is 1. The molecule has 1 aromatic carbocycles. The molecule has 0 unspecified atom stereocenters. The van der Waals surface area contributed by atoms with E-state index in [1.165, 1.54) is 23.2 Å². The third-order valence-corrected chi connectivity index (χ3v) is 4.19. The maximum atomic E-state index is 14.6. The first-order valence-electron chi connectivity index (χ1n) is 8.12. The third kappa shape index (κ3) is 3.32. The average Bonchev–Trinajstić information content (AvgIpc) is 3.31. The van der Waals surface area contributed by atoms with Crippen LogP contribution >= 0.6 is 0 Å². The van der Waals surface area contributed by atoms with Crippen LogP contribution in [0.3, 0.4) is 0 Å². The number of nitriles is 1. The lowest BCUT2D eigenvalue weighted by Gasteiger charge is -2.14. The monoisotopic (exact) mass is 364 g/mol. The summed E-state index contributed by atoms with van der Waals surface area (Å²) in [6.45, 7) is 0.662. The van der Waals surface area contributed by atoms with E-state index in [1.807, 2.05) is 6.07 Å². The zero-order chi connectivity index (χ0) is 18.8. The summed E-state index contributed by atoms with van der Waals surface area (Å²) >= 11 is 0. The van der Waals surface area contributed by atoms with Crippen molar-refractivity contribution in [3.8, 4) is 17.2 Å². The van der Waals surface area contributed by atoms with Gasteiger partial charge < -0.3 is 4.74 Å². The Balaban J connectivity index is 1.53. The highest BCUT2D eigenvalue weighted by atomic mass is 19.1. The molecule has 0 radical (unpaired) electrons. The van der Waals surface area contributed by atoms with Crippen molar-refractivity contribution < 1.29 is 13.9 Å². The Labute approximate surface area is 153 Å². The molecule has 1 aliphatic heterocycles. The van der Waals surface area contributed by atoms with Gasteiger partial charge in [0.25, 0.3) is 0 Å². The van der Waals surface area contributed by atoms with Crippen LogP contribution in [-0.2, 0) is 11.3 Å². The maximum absolute atomic E-state index is 14.6. The van der Waals surface area contributed by atoms with Gasteiger partial charge in [0.15, 0.2) is 0 Å². The molecule has 1 amide bonds. The van der Waals surface area contributed by atoms with Crippen LogP contribution in [0.5, 0.6) is 0 Å². The number of aromatic nitrogens is 4. The Morgan fingerprint density at radius 2 is 2.22 bits per heavy atom. The van der Waals surface area contributed by atoms with Crippen LogP contribution in [0, 0.1) is 17.1 Å². The van der Waals surface area contributed by atoms with Crippen LogP contribution < -0.4 is 4.90 Å². The second-order valence-electron chi connectivity index (χ2n) is 5.95. The van der Waals surface area contributed by atoms with Crippen molar-refractivity contribution in [1.29, 1.82) is 5.26 Å². The number of carbonyl (C=O) groups is 1. The van der Waals surface area contributed by atoms with E-state index in [9.17, 15) is 9.18 Å². The van der Waals surface area contributed by atoms with Gasteiger partial charge in [0.1, 0.15) is 23.7 Å². The van der Waals surface area contributed by atoms with Crippen molar-refractivity contribution in [2.45, 2.75) is 12.6 Å². The normalized spacial score (nSPS) is 16.2. The van der Waals surface area contributed by atoms with Crippen LogP contribution in [0.25, 0.3) is 11.1 Å². The summed E-state index contributed by atoms with van der Waals surface area (Å²) in [7, 11) is 0. The van der Waals surface area contributed by atoms with Crippen molar-refractivity contribution in [3.05, 3.63) is 60.4 Å². The quantitative estimate of drug-likeness (QED) is 0.705. The lowest BCUT2D eigenvalue weighted by atomic mass is 10.1. The molecular weight excluding hydrogens is 351 g/mol. The predicted molar refractivity (Wildman–Crippen MR) is 92.0 cm³/mol. The minimum absolute atomic E-state index is 0.258. The summed E-state index contributed by atoms with van der Waals surface area (Å²) in [5.41, 5.74) is 1.55. The number of benzene rings is 1. The van der Waals surface area contributed by atoms with Gasteiger partial charge in [0.2, 0.25) is 0 Å².